The van der Waals surface area contributed by atoms with E-state index in [1.54, 1.807) is 36.4 Å². The normalized spacial score (nSPS) is 16.6. The number of urea groups is 1. The number of imide groups is 2. The number of hydrogen-bond acceptors (Lipinski definition) is 5. The van der Waals surface area contributed by atoms with Crippen molar-refractivity contribution in [3.8, 4) is 5.75 Å². The molecular formula is C21H18N2O6. The molecule has 0 radical (unpaired) electrons. The number of nitrogens with one attached hydrogen (secondary N) is 1. The van der Waals surface area contributed by atoms with Gasteiger partial charge in [-0.1, -0.05) is 29.8 Å². The first-order chi connectivity index (χ1) is 13.8. The Morgan fingerprint density at radius 2 is 1.69 bits per heavy atom. The number of carbonyl (C=O) groups excluding carboxylic acids is 3. The van der Waals surface area contributed by atoms with Crippen LogP contribution in [0.25, 0.3) is 6.08 Å². The van der Waals surface area contributed by atoms with E-state index >= 15 is 0 Å². The number of amides is 4. The predicted molar refractivity (Wildman–Crippen MR) is 104 cm³/mol. The summed E-state index contributed by atoms with van der Waals surface area (Å²) in [5.74, 6) is -2.29. The standard InChI is InChI=1S/C21H18N2O6/c1-12-3-7-15(8-4-12)23-19(25)17(18(24)22-21(23)28)11-14-5-9-16(10-6-14)29-13(2)20(26)27/h3-11,13H,1-2H3,(H,26,27)(H,22,24,28)/b17-11+/t13-/m0/s1. The Bertz CT molecular complexity index is 1010. The van der Waals surface area contributed by atoms with Crippen LogP contribution in [0, 0.1) is 6.92 Å². The van der Waals surface area contributed by atoms with Gasteiger partial charge in [0.25, 0.3) is 11.8 Å². The highest BCUT2D eigenvalue weighted by Crippen LogP contribution is 2.23. The van der Waals surface area contributed by atoms with E-state index in [-0.39, 0.29) is 5.57 Å². The fourth-order valence-corrected chi connectivity index (χ4v) is 2.65. The van der Waals surface area contributed by atoms with Gasteiger partial charge in [-0.25, -0.2) is 14.5 Å². The summed E-state index contributed by atoms with van der Waals surface area (Å²) >= 11 is 0. The van der Waals surface area contributed by atoms with Gasteiger partial charge in [-0.2, -0.15) is 0 Å². The number of hydrogen-bond donors (Lipinski definition) is 2. The van der Waals surface area contributed by atoms with Crippen molar-refractivity contribution in [2.24, 2.45) is 0 Å². The second-order valence-corrected chi connectivity index (χ2v) is 6.46. The number of ether oxygens (including phenoxy) is 1. The third-order valence-electron chi connectivity index (χ3n) is 4.25. The summed E-state index contributed by atoms with van der Waals surface area (Å²) in [4.78, 5) is 48.9. The molecule has 8 heteroatoms. The Morgan fingerprint density at radius 3 is 2.28 bits per heavy atom. The predicted octanol–water partition coefficient (Wildman–Crippen LogP) is 2.51. The molecule has 0 spiro atoms. The molecule has 1 aliphatic rings. The molecule has 1 fully saturated rings. The Labute approximate surface area is 166 Å². The minimum Gasteiger partial charge on any atom is -0.479 e. The van der Waals surface area contributed by atoms with E-state index < -0.39 is 29.9 Å². The number of anilines is 1. The molecule has 1 atom stereocenters. The molecule has 1 heterocycles. The van der Waals surface area contributed by atoms with Crippen LogP contribution >= 0.6 is 0 Å². The van der Waals surface area contributed by atoms with Crippen LogP contribution in [0.5, 0.6) is 5.75 Å². The maximum absolute atomic E-state index is 12.8. The van der Waals surface area contributed by atoms with Gasteiger partial charge in [-0.05, 0) is 49.8 Å². The van der Waals surface area contributed by atoms with Crippen molar-refractivity contribution in [1.82, 2.24) is 5.32 Å². The van der Waals surface area contributed by atoms with Crippen LogP contribution in [0.4, 0.5) is 10.5 Å². The lowest BCUT2D eigenvalue weighted by atomic mass is 10.1. The lowest BCUT2D eigenvalue weighted by Crippen LogP contribution is -2.54. The summed E-state index contributed by atoms with van der Waals surface area (Å²) in [5.41, 5.74) is 1.63. The van der Waals surface area contributed by atoms with Gasteiger partial charge in [-0.15, -0.1) is 0 Å². The summed E-state index contributed by atoms with van der Waals surface area (Å²) < 4.78 is 5.24. The van der Waals surface area contributed by atoms with Crippen molar-refractivity contribution in [1.29, 1.82) is 0 Å². The lowest BCUT2D eigenvalue weighted by molar-refractivity contribution is -0.144. The maximum atomic E-state index is 12.8. The van der Waals surface area contributed by atoms with E-state index in [2.05, 4.69) is 5.32 Å². The summed E-state index contributed by atoms with van der Waals surface area (Å²) in [6, 6.07) is 12.1. The zero-order valence-electron chi connectivity index (χ0n) is 15.7. The molecule has 29 heavy (non-hydrogen) atoms. The molecule has 2 N–H and O–H groups in total. The number of barbiturate groups is 1. The largest absolute Gasteiger partial charge is 0.479 e. The van der Waals surface area contributed by atoms with Crippen LogP contribution in [0.2, 0.25) is 0 Å². The van der Waals surface area contributed by atoms with E-state index in [0.29, 0.717) is 17.0 Å². The van der Waals surface area contributed by atoms with E-state index in [1.807, 2.05) is 6.92 Å². The monoisotopic (exact) mass is 394 g/mol. The van der Waals surface area contributed by atoms with E-state index in [4.69, 9.17) is 9.84 Å². The molecule has 1 saturated heterocycles. The Morgan fingerprint density at radius 1 is 1.07 bits per heavy atom. The molecule has 148 valence electrons. The number of carbonyl (C=O) groups is 4. The van der Waals surface area contributed by atoms with Crippen molar-refractivity contribution in [2.75, 3.05) is 4.90 Å². The van der Waals surface area contributed by atoms with Gasteiger partial charge in [0.1, 0.15) is 11.3 Å². The summed E-state index contributed by atoms with van der Waals surface area (Å²) in [6.45, 7) is 3.28. The first-order valence-corrected chi connectivity index (χ1v) is 8.74. The van der Waals surface area contributed by atoms with Gasteiger partial charge in [0.2, 0.25) is 0 Å². The molecular weight excluding hydrogens is 376 g/mol. The molecule has 2 aromatic rings. The van der Waals surface area contributed by atoms with Crippen LogP contribution < -0.4 is 15.0 Å². The average molecular weight is 394 g/mol. The Kier molecular flexibility index (Phi) is 5.45. The fourth-order valence-electron chi connectivity index (χ4n) is 2.65. The van der Waals surface area contributed by atoms with E-state index in [9.17, 15) is 19.2 Å². The summed E-state index contributed by atoms with van der Waals surface area (Å²) in [6.07, 6.45) is 0.342. The van der Waals surface area contributed by atoms with Crippen LogP contribution in [-0.4, -0.2) is 35.0 Å². The fraction of sp³-hybridized carbons (Fsp3) is 0.143. The molecule has 0 aromatic heterocycles. The van der Waals surface area contributed by atoms with Crippen molar-refractivity contribution in [3.05, 3.63) is 65.2 Å². The highest BCUT2D eigenvalue weighted by atomic mass is 16.5. The van der Waals surface area contributed by atoms with Gasteiger partial charge < -0.3 is 9.84 Å². The van der Waals surface area contributed by atoms with Gasteiger partial charge in [-0.3, -0.25) is 14.9 Å². The van der Waals surface area contributed by atoms with Gasteiger partial charge in [0, 0.05) is 0 Å². The lowest BCUT2D eigenvalue weighted by Gasteiger charge is -2.26. The number of aryl methyl sites for hydroxylation is 1. The molecule has 3 rings (SSSR count). The van der Waals surface area contributed by atoms with Crippen LogP contribution in [-0.2, 0) is 14.4 Å². The molecule has 0 unspecified atom stereocenters. The maximum Gasteiger partial charge on any atom is 0.344 e. The molecule has 0 bridgehead atoms. The number of carboxylic acid groups (broad SMARTS) is 1. The smallest absolute Gasteiger partial charge is 0.344 e. The highest BCUT2D eigenvalue weighted by molar-refractivity contribution is 6.39. The first-order valence-electron chi connectivity index (χ1n) is 8.74. The van der Waals surface area contributed by atoms with E-state index in [0.717, 1.165) is 10.5 Å². The number of rotatable bonds is 5. The average Bonchev–Trinajstić information content (AvgIpc) is 2.67. The molecule has 0 aliphatic carbocycles. The molecule has 1 aliphatic heterocycles. The Hall–Kier alpha value is -3.94. The van der Waals surface area contributed by atoms with Gasteiger partial charge in [0.05, 0.1) is 5.69 Å². The third kappa shape index (κ3) is 4.32. The summed E-state index contributed by atoms with van der Waals surface area (Å²) in [7, 11) is 0. The van der Waals surface area contributed by atoms with Crippen LogP contribution in [0.1, 0.15) is 18.1 Å². The molecule has 8 nitrogen and oxygen atoms in total. The number of nitrogens with zero attached hydrogens (tertiary/aromatic N) is 1. The Balaban J connectivity index is 1.86. The van der Waals surface area contributed by atoms with Crippen molar-refractivity contribution in [3.63, 3.8) is 0 Å². The minimum atomic E-state index is -1.10. The molecule has 0 saturated carbocycles. The number of aliphatic carboxylic acids is 1. The first kappa shape index (κ1) is 19.8. The number of carboxylic acids is 1. The highest BCUT2D eigenvalue weighted by Gasteiger charge is 2.36. The number of benzene rings is 2. The van der Waals surface area contributed by atoms with Crippen molar-refractivity contribution < 1.29 is 29.0 Å². The van der Waals surface area contributed by atoms with Gasteiger partial charge in [0.15, 0.2) is 6.10 Å². The van der Waals surface area contributed by atoms with E-state index in [1.165, 1.54) is 25.1 Å². The zero-order chi connectivity index (χ0) is 21.1. The second-order valence-electron chi connectivity index (χ2n) is 6.46. The minimum absolute atomic E-state index is 0.197. The zero-order valence-corrected chi connectivity index (χ0v) is 15.7. The van der Waals surface area contributed by atoms with Gasteiger partial charge >= 0.3 is 12.0 Å². The van der Waals surface area contributed by atoms with Crippen molar-refractivity contribution in [2.45, 2.75) is 20.0 Å². The third-order valence-corrected chi connectivity index (χ3v) is 4.25. The van der Waals surface area contributed by atoms with Crippen molar-refractivity contribution >= 4 is 35.6 Å². The SMILES string of the molecule is Cc1ccc(N2C(=O)NC(=O)/C(=C\c3ccc(O[C@@H](C)C(=O)O)cc3)C2=O)cc1. The van der Waals surface area contributed by atoms with Crippen LogP contribution in [0.3, 0.4) is 0 Å². The molecule has 2 aromatic carbocycles. The van der Waals surface area contributed by atoms with Crippen LogP contribution in [0.15, 0.2) is 54.1 Å². The summed E-state index contributed by atoms with van der Waals surface area (Å²) in [5, 5.41) is 11.0. The topological polar surface area (TPSA) is 113 Å². The quantitative estimate of drug-likeness (QED) is 0.595. The molecule has 4 amide bonds. The second kappa shape index (κ2) is 7.97.